The summed E-state index contributed by atoms with van der Waals surface area (Å²) in [5.74, 6) is 0. The van der Waals surface area contributed by atoms with E-state index in [9.17, 15) is 13.2 Å². The molecule has 0 bridgehead atoms. The Bertz CT molecular complexity index is 891. The van der Waals surface area contributed by atoms with Gasteiger partial charge in [-0.2, -0.15) is 0 Å². The predicted molar refractivity (Wildman–Crippen MR) is 87.9 cm³/mol. The van der Waals surface area contributed by atoms with Crippen molar-refractivity contribution < 1.29 is 8.42 Å². The van der Waals surface area contributed by atoms with Gasteiger partial charge in [0.05, 0.1) is 10.9 Å². The molecule has 124 valence electrons. The quantitative estimate of drug-likeness (QED) is 0.858. The van der Waals surface area contributed by atoms with Crippen LogP contribution in [0, 0.1) is 6.92 Å². The third-order valence-electron chi connectivity index (χ3n) is 4.28. The van der Waals surface area contributed by atoms with Crippen LogP contribution >= 0.6 is 0 Å². The van der Waals surface area contributed by atoms with Gasteiger partial charge in [-0.1, -0.05) is 6.07 Å². The van der Waals surface area contributed by atoms with E-state index in [0.29, 0.717) is 37.4 Å². The molecule has 0 saturated carbocycles. The lowest BCUT2D eigenvalue weighted by molar-refractivity contribution is 0.327. The highest BCUT2D eigenvalue weighted by Crippen LogP contribution is 2.18. The summed E-state index contributed by atoms with van der Waals surface area (Å²) in [7, 11) is -1.81. The maximum Gasteiger partial charge on any atom is 0.258 e. The van der Waals surface area contributed by atoms with Gasteiger partial charge in [0.25, 0.3) is 5.56 Å². The Labute approximate surface area is 135 Å². The van der Waals surface area contributed by atoms with Gasteiger partial charge in [-0.15, -0.1) is 0 Å². The molecule has 1 fully saturated rings. The number of rotatable bonds is 4. The number of nitrogens with zero attached hydrogens (tertiary/aromatic N) is 3. The van der Waals surface area contributed by atoms with E-state index in [2.05, 4.69) is 9.71 Å². The van der Waals surface area contributed by atoms with Gasteiger partial charge in [-0.3, -0.25) is 14.1 Å². The fourth-order valence-corrected chi connectivity index (χ4v) is 4.14. The van der Waals surface area contributed by atoms with Crippen LogP contribution in [0.4, 0.5) is 0 Å². The second-order valence-electron chi connectivity index (χ2n) is 5.87. The van der Waals surface area contributed by atoms with E-state index < -0.39 is 15.3 Å². The average Bonchev–Trinajstić information content (AvgIpc) is 2.98. The first-order valence-electron chi connectivity index (χ1n) is 7.53. The molecule has 1 aliphatic heterocycles. The molecule has 23 heavy (non-hydrogen) atoms. The van der Waals surface area contributed by atoms with E-state index in [-0.39, 0.29) is 5.56 Å². The molecule has 2 aromatic heterocycles. The summed E-state index contributed by atoms with van der Waals surface area (Å²) in [6.45, 7) is 3.53. The minimum atomic E-state index is -3.25. The largest absolute Gasteiger partial charge is 0.296 e. The lowest BCUT2D eigenvalue weighted by Crippen LogP contribution is -2.34. The van der Waals surface area contributed by atoms with Crippen LogP contribution in [-0.4, -0.2) is 48.1 Å². The summed E-state index contributed by atoms with van der Waals surface area (Å²) in [5, 5.41) is -0.407. The minimum Gasteiger partial charge on any atom is -0.296 e. The molecule has 1 atom stereocenters. The van der Waals surface area contributed by atoms with Crippen molar-refractivity contribution in [2.24, 2.45) is 0 Å². The Morgan fingerprint density at radius 1 is 1.43 bits per heavy atom. The number of aryl methyl sites for hydroxylation is 1. The third-order valence-corrected chi connectivity index (χ3v) is 6.11. The lowest BCUT2D eigenvalue weighted by Gasteiger charge is -2.16. The van der Waals surface area contributed by atoms with Crippen LogP contribution in [0.1, 0.15) is 17.7 Å². The van der Waals surface area contributed by atoms with Crippen LogP contribution in [0.25, 0.3) is 5.65 Å². The Kier molecular flexibility index (Phi) is 4.22. The molecular formula is C15H20N4O3S. The topological polar surface area (TPSA) is 83.8 Å². The number of sulfonamides is 1. The Balaban J connectivity index is 1.83. The number of hydrogen-bond acceptors (Lipinski definition) is 5. The minimum absolute atomic E-state index is 0.118. The van der Waals surface area contributed by atoms with Gasteiger partial charge >= 0.3 is 0 Å². The van der Waals surface area contributed by atoms with Crippen molar-refractivity contribution in [3.8, 4) is 0 Å². The number of nitrogens with one attached hydrogen (secondary N) is 1. The van der Waals surface area contributed by atoms with Crippen molar-refractivity contribution >= 4 is 15.7 Å². The molecule has 0 aromatic carbocycles. The number of pyridine rings is 1. The molecule has 0 radical (unpaired) electrons. The zero-order chi connectivity index (χ0) is 16.6. The molecule has 7 nitrogen and oxygen atoms in total. The normalized spacial score (nSPS) is 19.5. The van der Waals surface area contributed by atoms with Crippen LogP contribution in [-0.2, 0) is 16.6 Å². The number of fused-ring (bicyclic) bond motifs is 1. The van der Waals surface area contributed by atoms with Gasteiger partial charge < -0.3 is 0 Å². The Hall–Kier alpha value is -1.77. The van der Waals surface area contributed by atoms with Gasteiger partial charge in [0, 0.05) is 25.4 Å². The molecule has 1 unspecified atom stereocenters. The molecule has 2 aromatic rings. The van der Waals surface area contributed by atoms with E-state index in [1.807, 2.05) is 24.0 Å². The predicted octanol–water partition coefficient (Wildman–Crippen LogP) is 0.126. The lowest BCUT2D eigenvalue weighted by atomic mass is 10.3. The highest BCUT2D eigenvalue weighted by atomic mass is 32.2. The Morgan fingerprint density at radius 3 is 2.96 bits per heavy atom. The number of aromatic nitrogens is 2. The maximum atomic E-state index is 12.2. The van der Waals surface area contributed by atoms with Gasteiger partial charge in [-0.25, -0.2) is 18.1 Å². The van der Waals surface area contributed by atoms with Crippen LogP contribution < -0.4 is 10.3 Å². The molecule has 1 aliphatic rings. The van der Waals surface area contributed by atoms with Gasteiger partial charge in [0.2, 0.25) is 10.0 Å². The smallest absolute Gasteiger partial charge is 0.258 e. The van der Waals surface area contributed by atoms with E-state index in [4.69, 9.17) is 0 Å². The molecule has 0 amide bonds. The summed E-state index contributed by atoms with van der Waals surface area (Å²) in [5.41, 5.74) is 2.14. The first-order chi connectivity index (χ1) is 10.9. The average molecular weight is 336 g/mol. The summed E-state index contributed by atoms with van der Waals surface area (Å²) < 4.78 is 27.6. The summed E-state index contributed by atoms with van der Waals surface area (Å²) in [6.07, 6.45) is 2.29. The van der Waals surface area contributed by atoms with Crippen molar-refractivity contribution in [3.63, 3.8) is 0 Å². The molecule has 8 heteroatoms. The van der Waals surface area contributed by atoms with Crippen molar-refractivity contribution in [1.29, 1.82) is 0 Å². The fraction of sp³-hybridized carbons (Fsp3) is 0.467. The second-order valence-corrected chi connectivity index (χ2v) is 8.03. The van der Waals surface area contributed by atoms with Gasteiger partial charge in [-0.05, 0) is 38.6 Å². The molecule has 3 rings (SSSR count). The summed E-state index contributed by atoms with van der Waals surface area (Å²) in [4.78, 5) is 18.8. The van der Waals surface area contributed by atoms with Crippen molar-refractivity contribution in [1.82, 2.24) is 19.0 Å². The van der Waals surface area contributed by atoms with Gasteiger partial charge in [0.1, 0.15) is 5.65 Å². The second kappa shape index (κ2) is 6.03. The highest BCUT2D eigenvalue weighted by Gasteiger charge is 2.32. The standard InChI is InChI=1S/C15H20N4O3S/c1-11-4-3-6-19-14(20)8-12(17-15(11)19)9-18-7-5-13(10-18)23(21,22)16-2/h3-4,6,8,13,16H,5,7,9-10H2,1-2H3. The van der Waals surface area contributed by atoms with Crippen LogP contribution in [0.5, 0.6) is 0 Å². The fourth-order valence-electron chi connectivity index (χ4n) is 2.98. The van der Waals surface area contributed by atoms with Crippen molar-refractivity contribution in [2.45, 2.75) is 25.1 Å². The van der Waals surface area contributed by atoms with Crippen LogP contribution in [0.3, 0.4) is 0 Å². The summed E-state index contributed by atoms with van der Waals surface area (Å²) >= 11 is 0. The summed E-state index contributed by atoms with van der Waals surface area (Å²) in [6, 6.07) is 5.25. The van der Waals surface area contributed by atoms with Crippen molar-refractivity contribution in [3.05, 3.63) is 46.0 Å². The van der Waals surface area contributed by atoms with Crippen LogP contribution in [0.15, 0.2) is 29.2 Å². The number of likely N-dealkylation sites (tertiary alicyclic amines) is 1. The number of hydrogen-bond donors (Lipinski definition) is 1. The molecule has 3 heterocycles. The SMILES string of the molecule is CNS(=O)(=O)C1CCN(Cc2cc(=O)n3cccc(C)c3n2)C1. The van der Waals surface area contributed by atoms with Crippen molar-refractivity contribution in [2.75, 3.05) is 20.1 Å². The third kappa shape index (κ3) is 3.15. The Morgan fingerprint density at radius 2 is 2.22 bits per heavy atom. The van der Waals surface area contributed by atoms with E-state index >= 15 is 0 Å². The zero-order valence-electron chi connectivity index (χ0n) is 13.2. The van der Waals surface area contributed by atoms with Crippen LogP contribution in [0.2, 0.25) is 0 Å². The van der Waals surface area contributed by atoms with Gasteiger partial charge in [0.15, 0.2) is 0 Å². The van der Waals surface area contributed by atoms with E-state index in [1.165, 1.54) is 17.5 Å². The first kappa shape index (κ1) is 16.1. The molecule has 0 aliphatic carbocycles. The maximum absolute atomic E-state index is 12.2. The van der Waals surface area contributed by atoms with E-state index in [0.717, 1.165) is 5.56 Å². The molecule has 0 spiro atoms. The highest BCUT2D eigenvalue weighted by molar-refractivity contribution is 7.90. The molecule has 1 N–H and O–H groups in total. The van der Waals surface area contributed by atoms with E-state index in [1.54, 1.807) is 6.20 Å². The monoisotopic (exact) mass is 336 g/mol. The molecule has 1 saturated heterocycles. The molecular weight excluding hydrogens is 316 g/mol. The first-order valence-corrected chi connectivity index (χ1v) is 9.08. The zero-order valence-corrected chi connectivity index (χ0v) is 14.0.